The number of halogens is 1. The van der Waals surface area contributed by atoms with Gasteiger partial charge in [-0.2, -0.15) is 5.10 Å². The Kier molecular flexibility index (Phi) is 5.22. The first-order valence-electron chi connectivity index (χ1n) is 8.38. The molecule has 1 saturated heterocycles. The lowest BCUT2D eigenvalue weighted by atomic mass is 10.1. The summed E-state index contributed by atoms with van der Waals surface area (Å²) >= 11 is 3.44. The van der Waals surface area contributed by atoms with E-state index in [-0.39, 0.29) is 17.7 Å². The molecule has 7 heteroatoms. The van der Waals surface area contributed by atoms with Crippen LogP contribution in [0, 0.1) is 0 Å². The van der Waals surface area contributed by atoms with Crippen molar-refractivity contribution in [2.75, 3.05) is 11.4 Å². The zero-order chi connectivity index (χ0) is 18.0. The van der Waals surface area contributed by atoms with Crippen molar-refractivity contribution in [2.24, 2.45) is 0 Å². The summed E-state index contributed by atoms with van der Waals surface area (Å²) in [6.45, 7) is 5.25. The SMILES string of the molecule is CC(C)c1[nH]nc(C(=O)NCc2ccc(N3CCCC3=O)cc2)c1Br. The second-order valence-electron chi connectivity index (χ2n) is 6.45. The largest absolute Gasteiger partial charge is 0.347 e. The van der Waals surface area contributed by atoms with Gasteiger partial charge < -0.3 is 10.2 Å². The summed E-state index contributed by atoms with van der Waals surface area (Å²) in [6, 6.07) is 7.71. The molecule has 1 aromatic heterocycles. The Balaban J connectivity index is 1.61. The molecule has 0 bridgehead atoms. The van der Waals surface area contributed by atoms with Crippen LogP contribution in [0.25, 0.3) is 0 Å². The van der Waals surface area contributed by atoms with Crippen molar-refractivity contribution in [2.45, 2.75) is 39.2 Å². The predicted molar refractivity (Wildman–Crippen MR) is 99.6 cm³/mol. The van der Waals surface area contributed by atoms with E-state index in [4.69, 9.17) is 0 Å². The van der Waals surface area contributed by atoms with Gasteiger partial charge in [-0.25, -0.2) is 0 Å². The molecule has 1 aliphatic rings. The van der Waals surface area contributed by atoms with E-state index in [2.05, 4.69) is 31.4 Å². The highest BCUT2D eigenvalue weighted by Crippen LogP contribution is 2.25. The van der Waals surface area contributed by atoms with E-state index in [1.165, 1.54) is 0 Å². The molecule has 1 aliphatic heterocycles. The first-order chi connectivity index (χ1) is 12.0. The molecule has 132 valence electrons. The van der Waals surface area contributed by atoms with E-state index < -0.39 is 0 Å². The smallest absolute Gasteiger partial charge is 0.273 e. The van der Waals surface area contributed by atoms with Crippen molar-refractivity contribution in [1.29, 1.82) is 0 Å². The van der Waals surface area contributed by atoms with E-state index >= 15 is 0 Å². The van der Waals surface area contributed by atoms with E-state index in [0.29, 0.717) is 23.1 Å². The third-order valence-corrected chi connectivity index (χ3v) is 5.10. The summed E-state index contributed by atoms with van der Waals surface area (Å²) in [7, 11) is 0. The lowest BCUT2D eigenvalue weighted by Gasteiger charge is -2.16. The summed E-state index contributed by atoms with van der Waals surface area (Å²) in [5.41, 5.74) is 3.15. The minimum Gasteiger partial charge on any atom is -0.347 e. The average Bonchev–Trinajstić information content (AvgIpc) is 3.19. The van der Waals surface area contributed by atoms with Crippen molar-refractivity contribution >= 4 is 33.4 Å². The first-order valence-corrected chi connectivity index (χ1v) is 9.18. The number of nitrogens with one attached hydrogen (secondary N) is 2. The number of amides is 2. The van der Waals surface area contributed by atoms with Crippen molar-refractivity contribution in [3.8, 4) is 0 Å². The summed E-state index contributed by atoms with van der Waals surface area (Å²) in [6.07, 6.45) is 1.53. The second kappa shape index (κ2) is 7.39. The Labute approximate surface area is 155 Å². The molecule has 1 aromatic carbocycles. The molecule has 25 heavy (non-hydrogen) atoms. The monoisotopic (exact) mass is 404 g/mol. The van der Waals surface area contributed by atoms with Gasteiger partial charge in [0.05, 0.1) is 10.2 Å². The zero-order valence-electron chi connectivity index (χ0n) is 14.3. The zero-order valence-corrected chi connectivity index (χ0v) is 15.9. The van der Waals surface area contributed by atoms with Crippen LogP contribution in [0.4, 0.5) is 5.69 Å². The number of hydrogen-bond donors (Lipinski definition) is 2. The number of carbonyl (C=O) groups is 2. The molecule has 0 atom stereocenters. The third kappa shape index (κ3) is 3.76. The van der Waals surface area contributed by atoms with Gasteiger partial charge in [-0.1, -0.05) is 26.0 Å². The van der Waals surface area contributed by atoms with Crippen LogP contribution < -0.4 is 10.2 Å². The number of nitrogens with zero attached hydrogens (tertiary/aromatic N) is 2. The summed E-state index contributed by atoms with van der Waals surface area (Å²) in [5, 5.41) is 9.87. The maximum atomic E-state index is 12.3. The molecule has 6 nitrogen and oxygen atoms in total. The number of aromatic nitrogens is 2. The van der Waals surface area contributed by atoms with Gasteiger partial charge in [0.25, 0.3) is 5.91 Å². The van der Waals surface area contributed by atoms with E-state index in [0.717, 1.165) is 29.9 Å². The predicted octanol–water partition coefficient (Wildman–Crippen LogP) is 3.35. The second-order valence-corrected chi connectivity index (χ2v) is 7.25. The van der Waals surface area contributed by atoms with Crippen LogP contribution in [0.1, 0.15) is 54.4 Å². The molecule has 0 spiro atoms. The Morgan fingerprint density at radius 3 is 2.64 bits per heavy atom. The Bertz CT molecular complexity index is 783. The maximum Gasteiger partial charge on any atom is 0.273 e. The molecule has 3 rings (SSSR count). The van der Waals surface area contributed by atoms with Gasteiger partial charge in [0.1, 0.15) is 0 Å². The van der Waals surface area contributed by atoms with Crippen LogP contribution in [0.5, 0.6) is 0 Å². The molecule has 0 unspecified atom stereocenters. The topological polar surface area (TPSA) is 78.1 Å². The molecule has 1 fully saturated rings. The van der Waals surface area contributed by atoms with E-state index in [9.17, 15) is 9.59 Å². The van der Waals surface area contributed by atoms with Crippen LogP contribution in [0.2, 0.25) is 0 Å². The fraction of sp³-hybridized carbons (Fsp3) is 0.389. The highest BCUT2D eigenvalue weighted by atomic mass is 79.9. The molecular weight excluding hydrogens is 384 g/mol. The number of H-pyrrole nitrogens is 1. The Morgan fingerprint density at radius 1 is 1.36 bits per heavy atom. The van der Waals surface area contributed by atoms with Gasteiger partial charge in [-0.3, -0.25) is 14.7 Å². The van der Waals surface area contributed by atoms with Crippen LogP contribution in [0.3, 0.4) is 0 Å². The summed E-state index contributed by atoms with van der Waals surface area (Å²) in [4.78, 5) is 25.9. The highest BCUT2D eigenvalue weighted by Gasteiger charge is 2.22. The number of aromatic amines is 1. The fourth-order valence-electron chi connectivity index (χ4n) is 2.86. The van der Waals surface area contributed by atoms with Gasteiger partial charge in [-0.15, -0.1) is 0 Å². The van der Waals surface area contributed by atoms with Crippen LogP contribution in [-0.2, 0) is 11.3 Å². The minimum absolute atomic E-state index is 0.172. The minimum atomic E-state index is -0.228. The molecule has 0 radical (unpaired) electrons. The van der Waals surface area contributed by atoms with Crippen molar-refractivity contribution in [1.82, 2.24) is 15.5 Å². The maximum absolute atomic E-state index is 12.3. The Hall–Kier alpha value is -2.15. The van der Waals surface area contributed by atoms with Crippen LogP contribution in [-0.4, -0.2) is 28.6 Å². The molecule has 0 saturated carbocycles. The van der Waals surface area contributed by atoms with Crippen LogP contribution in [0.15, 0.2) is 28.7 Å². The molecule has 2 amide bonds. The van der Waals surface area contributed by atoms with Crippen LogP contribution >= 0.6 is 15.9 Å². The van der Waals surface area contributed by atoms with E-state index in [1.807, 2.05) is 38.1 Å². The molecule has 2 aromatic rings. The van der Waals surface area contributed by atoms with Gasteiger partial charge >= 0.3 is 0 Å². The average molecular weight is 405 g/mol. The third-order valence-electron chi connectivity index (χ3n) is 4.30. The van der Waals surface area contributed by atoms with Crippen molar-refractivity contribution < 1.29 is 9.59 Å². The molecule has 0 aliphatic carbocycles. The van der Waals surface area contributed by atoms with Gasteiger partial charge in [0, 0.05) is 25.2 Å². The van der Waals surface area contributed by atoms with Gasteiger partial charge in [-0.05, 0) is 46.0 Å². The quantitative estimate of drug-likeness (QED) is 0.801. The summed E-state index contributed by atoms with van der Waals surface area (Å²) < 4.78 is 0.711. The molecule has 2 heterocycles. The normalized spacial score (nSPS) is 14.4. The molecular formula is C18H21BrN4O2. The van der Waals surface area contributed by atoms with Gasteiger partial charge in [0.15, 0.2) is 5.69 Å². The van der Waals surface area contributed by atoms with Crippen molar-refractivity contribution in [3.05, 3.63) is 45.7 Å². The number of anilines is 1. The number of carbonyl (C=O) groups excluding carboxylic acids is 2. The fourth-order valence-corrected chi connectivity index (χ4v) is 3.67. The molecule has 2 N–H and O–H groups in total. The number of hydrogen-bond acceptors (Lipinski definition) is 3. The highest BCUT2D eigenvalue weighted by molar-refractivity contribution is 9.10. The van der Waals surface area contributed by atoms with E-state index in [1.54, 1.807) is 4.90 Å². The standard InChI is InChI=1S/C18H21BrN4O2/c1-11(2)16-15(19)17(22-21-16)18(25)20-10-12-5-7-13(8-6-12)23-9-3-4-14(23)24/h5-8,11H,3-4,9-10H2,1-2H3,(H,20,25)(H,21,22). The van der Waals surface area contributed by atoms with Crippen molar-refractivity contribution in [3.63, 3.8) is 0 Å². The number of benzene rings is 1. The lowest BCUT2D eigenvalue weighted by molar-refractivity contribution is -0.117. The lowest BCUT2D eigenvalue weighted by Crippen LogP contribution is -2.24. The van der Waals surface area contributed by atoms with Gasteiger partial charge in [0.2, 0.25) is 5.91 Å². The first kappa shape index (κ1) is 17.7. The Morgan fingerprint density at radius 2 is 2.08 bits per heavy atom. The number of rotatable bonds is 5. The summed E-state index contributed by atoms with van der Waals surface area (Å²) in [5.74, 6) is 0.198.